The van der Waals surface area contributed by atoms with Crippen LogP contribution in [0.3, 0.4) is 0 Å². The lowest BCUT2D eigenvalue weighted by atomic mass is 10.3. The molecule has 0 radical (unpaired) electrons. The summed E-state index contributed by atoms with van der Waals surface area (Å²) in [5, 5.41) is 5.08. The van der Waals surface area contributed by atoms with Crippen LogP contribution < -0.4 is 15.4 Å². The summed E-state index contributed by atoms with van der Waals surface area (Å²) in [6.07, 6.45) is 2.82. The fraction of sp³-hybridized carbons (Fsp3) is 0.500. The Balaban J connectivity index is 2.20. The van der Waals surface area contributed by atoms with Crippen molar-refractivity contribution >= 4 is 17.5 Å². The molecule has 0 saturated carbocycles. The summed E-state index contributed by atoms with van der Waals surface area (Å²) in [7, 11) is 1.56. The van der Waals surface area contributed by atoms with E-state index < -0.39 is 11.8 Å². The molecule has 0 aliphatic heterocycles. The number of hydrogen-bond donors (Lipinski definition) is 2. The second-order valence-corrected chi connectivity index (χ2v) is 4.76. The van der Waals surface area contributed by atoms with Gasteiger partial charge in [-0.05, 0) is 37.1 Å². The van der Waals surface area contributed by atoms with E-state index in [0.717, 1.165) is 19.4 Å². The number of amides is 2. The fourth-order valence-electron chi connectivity index (χ4n) is 1.67. The molecular formula is C16H24N2O4. The number of nitrogens with one attached hydrogen (secondary N) is 2. The predicted octanol–water partition coefficient (Wildman–Crippen LogP) is 1.96. The van der Waals surface area contributed by atoms with Gasteiger partial charge in [0.25, 0.3) is 0 Å². The monoisotopic (exact) mass is 308 g/mol. The molecule has 1 rings (SSSR count). The molecular weight excluding hydrogens is 284 g/mol. The zero-order chi connectivity index (χ0) is 16.2. The molecule has 0 aromatic heterocycles. The minimum Gasteiger partial charge on any atom is -0.497 e. The number of anilines is 1. The van der Waals surface area contributed by atoms with E-state index in [2.05, 4.69) is 17.6 Å². The molecule has 6 nitrogen and oxygen atoms in total. The van der Waals surface area contributed by atoms with Gasteiger partial charge < -0.3 is 20.1 Å². The van der Waals surface area contributed by atoms with Crippen LogP contribution in [0.25, 0.3) is 0 Å². The number of carbonyl (C=O) groups excluding carboxylic acids is 2. The first kappa shape index (κ1) is 18.0. The molecule has 0 bridgehead atoms. The zero-order valence-corrected chi connectivity index (χ0v) is 13.2. The van der Waals surface area contributed by atoms with E-state index in [1.54, 1.807) is 31.4 Å². The highest BCUT2D eigenvalue weighted by Crippen LogP contribution is 2.14. The van der Waals surface area contributed by atoms with Crippen molar-refractivity contribution in [2.45, 2.75) is 26.2 Å². The predicted molar refractivity (Wildman–Crippen MR) is 85.0 cm³/mol. The largest absolute Gasteiger partial charge is 0.497 e. The van der Waals surface area contributed by atoms with Gasteiger partial charge in [0, 0.05) is 25.4 Å². The van der Waals surface area contributed by atoms with Crippen molar-refractivity contribution in [2.75, 3.05) is 32.2 Å². The Morgan fingerprint density at radius 1 is 1.05 bits per heavy atom. The van der Waals surface area contributed by atoms with Gasteiger partial charge in [-0.3, -0.25) is 9.59 Å². The average Bonchev–Trinajstić information content (AvgIpc) is 2.54. The number of methoxy groups -OCH3 is 1. The minimum absolute atomic E-state index is 0.418. The molecule has 6 heteroatoms. The number of unbranched alkanes of at least 4 members (excludes halogenated alkanes) is 1. The number of hydrogen-bond acceptors (Lipinski definition) is 4. The molecule has 22 heavy (non-hydrogen) atoms. The summed E-state index contributed by atoms with van der Waals surface area (Å²) in [4.78, 5) is 23.3. The van der Waals surface area contributed by atoms with Gasteiger partial charge >= 0.3 is 11.8 Å². The lowest BCUT2D eigenvalue weighted by Gasteiger charge is -2.07. The van der Waals surface area contributed by atoms with Crippen LogP contribution in [-0.2, 0) is 14.3 Å². The Hall–Kier alpha value is -2.08. The lowest BCUT2D eigenvalue weighted by Crippen LogP contribution is -2.36. The maximum Gasteiger partial charge on any atom is 0.313 e. The Morgan fingerprint density at radius 2 is 1.73 bits per heavy atom. The van der Waals surface area contributed by atoms with Crippen molar-refractivity contribution in [1.82, 2.24) is 5.32 Å². The molecule has 122 valence electrons. The van der Waals surface area contributed by atoms with Crippen LogP contribution in [0.5, 0.6) is 5.75 Å². The van der Waals surface area contributed by atoms with Crippen LogP contribution in [0.15, 0.2) is 24.3 Å². The Bertz CT molecular complexity index is 460. The van der Waals surface area contributed by atoms with E-state index in [-0.39, 0.29) is 0 Å². The maximum absolute atomic E-state index is 11.7. The van der Waals surface area contributed by atoms with Gasteiger partial charge in [0.1, 0.15) is 5.75 Å². The first-order valence-electron chi connectivity index (χ1n) is 7.48. The molecule has 0 unspecified atom stereocenters. The van der Waals surface area contributed by atoms with Crippen LogP contribution in [0.1, 0.15) is 26.2 Å². The molecule has 0 spiro atoms. The third-order valence-corrected chi connectivity index (χ3v) is 2.95. The summed E-state index contributed by atoms with van der Waals surface area (Å²) in [5.74, 6) is -0.646. The summed E-state index contributed by atoms with van der Waals surface area (Å²) in [6, 6.07) is 6.76. The standard InChI is InChI=1S/C16H24N2O4/c1-3-4-11-22-12-5-10-17-15(19)16(20)18-13-6-8-14(21-2)9-7-13/h6-9H,3-5,10-12H2,1-2H3,(H,17,19)(H,18,20). The second-order valence-electron chi connectivity index (χ2n) is 4.76. The quantitative estimate of drug-likeness (QED) is 0.540. The molecule has 0 heterocycles. The normalized spacial score (nSPS) is 10.1. The van der Waals surface area contributed by atoms with Crippen LogP contribution in [-0.4, -0.2) is 38.7 Å². The van der Waals surface area contributed by atoms with E-state index in [1.165, 1.54) is 0 Å². The highest BCUT2D eigenvalue weighted by Gasteiger charge is 2.12. The molecule has 0 fully saturated rings. The van der Waals surface area contributed by atoms with Crippen molar-refractivity contribution < 1.29 is 19.1 Å². The van der Waals surface area contributed by atoms with Crippen LogP contribution in [0.4, 0.5) is 5.69 Å². The van der Waals surface area contributed by atoms with Gasteiger partial charge in [-0.2, -0.15) is 0 Å². The van der Waals surface area contributed by atoms with Crippen LogP contribution in [0, 0.1) is 0 Å². The number of rotatable bonds is 9. The van der Waals surface area contributed by atoms with Gasteiger partial charge in [-0.25, -0.2) is 0 Å². The van der Waals surface area contributed by atoms with Gasteiger partial charge in [-0.1, -0.05) is 13.3 Å². The first-order valence-corrected chi connectivity index (χ1v) is 7.48. The van der Waals surface area contributed by atoms with E-state index in [9.17, 15) is 9.59 Å². The molecule has 0 saturated heterocycles. The van der Waals surface area contributed by atoms with Crippen LogP contribution in [0.2, 0.25) is 0 Å². The molecule has 2 amide bonds. The highest BCUT2D eigenvalue weighted by atomic mass is 16.5. The second kappa shape index (κ2) is 10.6. The minimum atomic E-state index is -0.683. The van der Waals surface area contributed by atoms with Gasteiger partial charge in [0.2, 0.25) is 0 Å². The number of benzene rings is 1. The third kappa shape index (κ3) is 7.08. The van der Waals surface area contributed by atoms with Gasteiger partial charge in [-0.15, -0.1) is 0 Å². The summed E-state index contributed by atoms with van der Waals surface area (Å²) in [6.45, 7) is 3.84. The fourth-order valence-corrected chi connectivity index (χ4v) is 1.67. The Morgan fingerprint density at radius 3 is 2.36 bits per heavy atom. The smallest absolute Gasteiger partial charge is 0.313 e. The number of ether oxygens (including phenoxy) is 2. The van der Waals surface area contributed by atoms with E-state index in [4.69, 9.17) is 9.47 Å². The first-order chi connectivity index (χ1) is 10.7. The maximum atomic E-state index is 11.7. The van der Waals surface area contributed by atoms with Crippen molar-refractivity contribution in [3.8, 4) is 5.75 Å². The molecule has 0 aliphatic carbocycles. The topological polar surface area (TPSA) is 76.7 Å². The number of carbonyl (C=O) groups is 2. The zero-order valence-electron chi connectivity index (χ0n) is 13.2. The molecule has 0 atom stereocenters. The van der Waals surface area contributed by atoms with Crippen molar-refractivity contribution in [1.29, 1.82) is 0 Å². The van der Waals surface area contributed by atoms with E-state index in [0.29, 0.717) is 31.0 Å². The summed E-state index contributed by atoms with van der Waals surface area (Å²) < 4.78 is 10.4. The van der Waals surface area contributed by atoms with Crippen LogP contribution >= 0.6 is 0 Å². The van der Waals surface area contributed by atoms with Crippen molar-refractivity contribution in [3.05, 3.63) is 24.3 Å². The molecule has 1 aromatic carbocycles. The Labute approximate surface area is 131 Å². The van der Waals surface area contributed by atoms with Crippen molar-refractivity contribution in [2.24, 2.45) is 0 Å². The average molecular weight is 308 g/mol. The summed E-state index contributed by atoms with van der Waals surface area (Å²) in [5.41, 5.74) is 0.545. The third-order valence-electron chi connectivity index (χ3n) is 2.95. The molecule has 2 N–H and O–H groups in total. The molecule has 1 aromatic rings. The van der Waals surface area contributed by atoms with Crippen molar-refractivity contribution in [3.63, 3.8) is 0 Å². The van der Waals surface area contributed by atoms with Gasteiger partial charge in [0.05, 0.1) is 7.11 Å². The van der Waals surface area contributed by atoms with E-state index in [1.807, 2.05) is 0 Å². The highest BCUT2D eigenvalue weighted by molar-refractivity contribution is 6.39. The van der Waals surface area contributed by atoms with E-state index >= 15 is 0 Å². The molecule has 0 aliphatic rings. The lowest BCUT2D eigenvalue weighted by molar-refractivity contribution is -0.136. The Kier molecular flexibility index (Phi) is 8.67. The SMILES string of the molecule is CCCCOCCCNC(=O)C(=O)Nc1ccc(OC)cc1. The summed E-state index contributed by atoms with van der Waals surface area (Å²) >= 11 is 0. The van der Waals surface area contributed by atoms with Gasteiger partial charge in [0.15, 0.2) is 0 Å².